The molecule has 0 saturated heterocycles. The average molecular weight is 479 g/mol. The molecule has 35 heavy (non-hydrogen) atoms. The molecular weight excluding hydrogens is 448 g/mol. The second-order valence-electron chi connectivity index (χ2n) is 9.15. The molecule has 184 valence electrons. The zero-order chi connectivity index (χ0) is 24.9. The molecule has 0 spiro atoms. The van der Waals surface area contributed by atoms with Crippen LogP contribution in [0.2, 0.25) is 0 Å². The van der Waals surface area contributed by atoms with E-state index < -0.39 is 0 Å². The fraction of sp³-hybridized carbons (Fsp3) is 0.400. The van der Waals surface area contributed by atoms with E-state index >= 15 is 0 Å². The molecule has 2 aromatic heterocycles. The number of anilines is 2. The van der Waals surface area contributed by atoms with E-state index in [1.54, 1.807) is 35.4 Å². The SMILES string of the molecule is CC(C)Oc1cc(Oc2cnc(N(CC3CC3)C(=O)C(C)C)cn2)cc(C(=O)Nc2ccn[nH]2)c1. The molecule has 1 aromatic carbocycles. The highest BCUT2D eigenvalue weighted by Crippen LogP contribution is 2.32. The Hall–Kier alpha value is -3.95. The zero-order valence-corrected chi connectivity index (χ0v) is 20.3. The van der Waals surface area contributed by atoms with Crippen LogP contribution in [-0.2, 0) is 4.79 Å². The Bertz CT molecular complexity index is 1160. The molecule has 1 saturated carbocycles. The Morgan fingerprint density at radius 1 is 1.11 bits per heavy atom. The predicted molar refractivity (Wildman–Crippen MR) is 131 cm³/mol. The minimum Gasteiger partial charge on any atom is -0.491 e. The van der Waals surface area contributed by atoms with Crippen molar-refractivity contribution in [3.8, 4) is 17.4 Å². The summed E-state index contributed by atoms with van der Waals surface area (Å²) in [6.07, 6.45) is 6.72. The standard InChI is InChI=1S/C25H30N6O4/c1-15(2)25(33)31(14-17-5-6-17)22-12-27-23(13-26-22)35-20-10-18(9-19(11-20)34-16(3)4)24(32)29-21-7-8-28-30-21/h7-13,15-17H,5-6,14H2,1-4H3,(H2,28,29,30,32). The van der Waals surface area contributed by atoms with Crippen molar-refractivity contribution >= 4 is 23.5 Å². The third kappa shape index (κ3) is 6.56. The molecule has 1 fully saturated rings. The summed E-state index contributed by atoms with van der Waals surface area (Å²) in [5.41, 5.74) is 0.343. The van der Waals surface area contributed by atoms with E-state index in [0.717, 1.165) is 12.8 Å². The molecule has 2 N–H and O–H groups in total. The minimum atomic E-state index is -0.349. The first kappa shape index (κ1) is 24.2. The summed E-state index contributed by atoms with van der Waals surface area (Å²) in [6, 6.07) is 6.57. The lowest BCUT2D eigenvalue weighted by Crippen LogP contribution is -2.36. The number of benzene rings is 1. The number of nitrogens with zero attached hydrogens (tertiary/aromatic N) is 4. The number of hydrogen-bond acceptors (Lipinski definition) is 7. The lowest BCUT2D eigenvalue weighted by Gasteiger charge is -2.23. The number of aromatic nitrogens is 4. The Morgan fingerprint density at radius 2 is 1.89 bits per heavy atom. The number of ether oxygens (including phenoxy) is 2. The Balaban J connectivity index is 1.54. The molecule has 0 aliphatic heterocycles. The van der Waals surface area contributed by atoms with Gasteiger partial charge in [0.15, 0.2) is 5.82 Å². The first-order valence-electron chi connectivity index (χ1n) is 11.7. The molecule has 2 amide bonds. The van der Waals surface area contributed by atoms with Crippen molar-refractivity contribution in [3.63, 3.8) is 0 Å². The van der Waals surface area contributed by atoms with Gasteiger partial charge < -0.3 is 14.8 Å². The van der Waals surface area contributed by atoms with Gasteiger partial charge in [0, 0.05) is 30.2 Å². The van der Waals surface area contributed by atoms with Crippen LogP contribution in [0.3, 0.4) is 0 Å². The van der Waals surface area contributed by atoms with Crippen LogP contribution in [0.25, 0.3) is 0 Å². The van der Waals surface area contributed by atoms with E-state index in [0.29, 0.717) is 41.2 Å². The van der Waals surface area contributed by atoms with Gasteiger partial charge in [-0.3, -0.25) is 19.6 Å². The maximum Gasteiger partial charge on any atom is 0.257 e. The number of rotatable bonds is 10. The van der Waals surface area contributed by atoms with Crippen molar-refractivity contribution < 1.29 is 19.1 Å². The minimum absolute atomic E-state index is 0.0197. The first-order valence-corrected chi connectivity index (χ1v) is 11.7. The van der Waals surface area contributed by atoms with Crippen LogP contribution in [0, 0.1) is 11.8 Å². The smallest absolute Gasteiger partial charge is 0.257 e. The van der Waals surface area contributed by atoms with Gasteiger partial charge in [-0.1, -0.05) is 13.8 Å². The van der Waals surface area contributed by atoms with Crippen molar-refractivity contribution in [3.05, 3.63) is 48.4 Å². The Morgan fingerprint density at radius 3 is 2.49 bits per heavy atom. The summed E-state index contributed by atoms with van der Waals surface area (Å²) >= 11 is 0. The number of carbonyl (C=O) groups excluding carboxylic acids is 2. The van der Waals surface area contributed by atoms with Crippen molar-refractivity contribution in [1.82, 2.24) is 20.2 Å². The van der Waals surface area contributed by atoms with Crippen molar-refractivity contribution in [1.29, 1.82) is 0 Å². The number of nitrogens with one attached hydrogen (secondary N) is 2. The topological polar surface area (TPSA) is 122 Å². The van der Waals surface area contributed by atoms with Gasteiger partial charge in [-0.05, 0) is 44.7 Å². The molecule has 4 rings (SSSR count). The summed E-state index contributed by atoms with van der Waals surface area (Å²) < 4.78 is 11.7. The number of hydrogen-bond donors (Lipinski definition) is 2. The van der Waals surface area contributed by atoms with Gasteiger partial charge in [0.2, 0.25) is 11.8 Å². The van der Waals surface area contributed by atoms with Crippen LogP contribution in [0.15, 0.2) is 42.9 Å². The maximum atomic E-state index is 12.8. The highest BCUT2D eigenvalue weighted by atomic mass is 16.5. The molecule has 1 aliphatic rings. The summed E-state index contributed by atoms with van der Waals surface area (Å²) in [6.45, 7) is 8.19. The largest absolute Gasteiger partial charge is 0.491 e. The molecule has 10 heteroatoms. The van der Waals surface area contributed by atoms with E-state index in [1.807, 2.05) is 27.7 Å². The second kappa shape index (κ2) is 10.5. The van der Waals surface area contributed by atoms with Crippen molar-refractivity contribution in [2.24, 2.45) is 11.8 Å². The number of H-pyrrole nitrogens is 1. The maximum absolute atomic E-state index is 12.8. The van der Waals surface area contributed by atoms with E-state index in [9.17, 15) is 9.59 Å². The number of carbonyl (C=O) groups is 2. The highest BCUT2D eigenvalue weighted by molar-refractivity contribution is 6.04. The predicted octanol–water partition coefficient (Wildman–Crippen LogP) is 4.43. The number of amides is 2. The van der Waals surface area contributed by atoms with Crippen LogP contribution in [0.4, 0.5) is 11.6 Å². The van der Waals surface area contributed by atoms with Gasteiger partial charge >= 0.3 is 0 Å². The van der Waals surface area contributed by atoms with E-state index in [4.69, 9.17) is 9.47 Å². The molecule has 0 unspecified atom stereocenters. The summed E-state index contributed by atoms with van der Waals surface area (Å²) in [4.78, 5) is 35.9. The summed E-state index contributed by atoms with van der Waals surface area (Å²) in [7, 11) is 0. The molecule has 1 aliphatic carbocycles. The van der Waals surface area contributed by atoms with Gasteiger partial charge in [-0.15, -0.1) is 0 Å². The van der Waals surface area contributed by atoms with Crippen LogP contribution < -0.4 is 19.7 Å². The lowest BCUT2D eigenvalue weighted by molar-refractivity contribution is -0.121. The Labute approximate surface area is 204 Å². The first-order chi connectivity index (χ1) is 16.8. The second-order valence-corrected chi connectivity index (χ2v) is 9.15. The van der Waals surface area contributed by atoms with Crippen molar-refractivity contribution in [2.45, 2.75) is 46.6 Å². The molecule has 0 bridgehead atoms. The van der Waals surface area contributed by atoms with Crippen LogP contribution in [0.5, 0.6) is 17.4 Å². The van der Waals surface area contributed by atoms with E-state index in [1.165, 1.54) is 12.4 Å². The van der Waals surface area contributed by atoms with Gasteiger partial charge in [-0.2, -0.15) is 5.10 Å². The molecule has 10 nitrogen and oxygen atoms in total. The normalized spacial score (nSPS) is 13.1. The van der Waals surface area contributed by atoms with Crippen molar-refractivity contribution in [2.75, 3.05) is 16.8 Å². The monoisotopic (exact) mass is 478 g/mol. The van der Waals surface area contributed by atoms with E-state index in [2.05, 4.69) is 25.5 Å². The zero-order valence-electron chi connectivity index (χ0n) is 20.3. The summed E-state index contributed by atoms with van der Waals surface area (Å²) in [5, 5.41) is 9.26. The van der Waals surface area contributed by atoms with Gasteiger partial charge in [0.1, 0.15) is 17.3 Å². The summed E-state index contributed by atoms with van der Waals surface area (Å²) in [5.74, 6) is 2.11. The lowest BCUT2D eigenvalue weighted by atomic mass is 10.2. The molecule has 2 heterocycles. The fourth-order valence-corrected chi connectivity index (χ4v) is 3.41. The Kier molecular flexibility index (Phi) is 7.28. The number of aromatic amines is 1. The van der Waals surface area contributed by atoms with Gasteiger partial charge in [0.05, 0.1) is 24.7 Å². The molecule has 0 radical (unpaired) electrons. The molecule has 3 aromatic rings. The third-order valence-corrected chi connectivity index (χ3v) is 5.27. The highest BCUT2D eigenvalue weighted by Gasteiger charge is 2.29. The molecule has 0 atom stereocenters. The quantitative estimate of drug-likeness (QED) is 0.442. The van der Waals surface area contributed by atoms with E-state index in [-0.39, 0.29) is 29.7 Å². The van der Waals surface area contributed by atoms with Gasteiger partial charge in [-0.25, -0.2) is 9.97 Å². The fourth-order valence-electron chi connectivity index (χ4n) is 3.41. The molecular formula is C25H30N6O4. The average Bonchev–Trinajstić information content (AvgIpc) is 3.50. The van der Waals surface area contributed by atoms with Crippen LogP contribution in [-0.4, -0.2) is 44.6 Å². The van der Waals surface area contributed by atoms with Crippen LogP contribution in [0.1, 0.15) is 50.9 Å². The van der Waals surface area contributed by atoms with Gasteiger partial charge in [0.25, 0.3) is 5.91 Å². The third-order valence-electron chi connectivity index (χ3n) is 5.27. The van der Waals surface area contributed by atoms with Crippen LogP contribution >= 0.6 is 0 Å².